The average Bonchev–Trinajstić information content (AvgIpc) is 0.717. The average molecular weight is 1870 g/mol. The van der Waals surface area contributed by atoms with Gasteiger partial charge in [-0.05, 0) is 502 Å². The van der Waals surface area contributed by atoms with E-state index in [9.17, 15) is 0 Å². The zero-order valence-electron chi connectivity index (χ0n) is 85.1. The Balaban J connectivity index is 0.617. The van der Waals surface area contributed by atoms with Crippen LogP contribution in [0.1, 0.15) is 108 Å². The second kappa shape index (κ2) is 34.5. The van der Waals surface area contributed by atoms with Gasteiger partial charge in [0.2, 0.25) is 0 Å². The zero-order valence-corrected chi connectivity index (χ0v) is 85.1. The Morgan fingerprint density at radius 3 is 0.767 bits per heavy atom. The summed E-state index contributed by atoms with van der Waals surface area (Å²) < 4.78 is 0. The van der Waals surface area contributed by atoms with E-state index in [1.165, 1.54) is 340 Å². The third-order valence-corrected chi connectivity index (χ3v) is 33.4. The van der Waals surface area contributed by atoms with Crippen molar-refractivity contribution in [2.75, 3.05) is 9.80 Å². The summed E-state index contributed by atoms with van der Waals surface area (Å²) in [6, 6.07) is 151. The highest BCUT2D eigenvalue weighted by atomic mass is 15.2. The fourth-order valence-corrected chi connectivity index (χ4v) is 26.2. The van der Waals surface area contributed by atoms with Crippen LogP contribution in [0.3, 0.4) is 0 Å². The van der Waals surface area contributed by atoms with E-state index in [0.29, 0.717) is 0 Å². The van der Waals surface area contributed by atoms with Gasteiger partial charge in [0.1, 0.15) is 0 Å². The Hall–Kier alpha value is -16.8. The molecule has 698 valence electrons. The largest absolute Gasteiger partial charge is 0.310 e. The zero-order chi connectivity index (χ0) is 98.4. The summed E-state index contributed by atoms with van der Waals surface area (Å²) in [6.45, 7) is 28.4. The molecule has 27 rings (SSSR count). The first-order valence-electron chi connectivity index (χ1n) is 52.8. The molecule has 0 aliphatic carbocycles. The second-order valence-corrected chi connectivity index (χ2v) is 41.5. The summed E-state index contributed by atoms with van der Waals surface area (Å²) in [5, 5.41) is 38.4. The summed E-state index contributed by atoms with van der Waals surface area (Å²) in [5.74, 6) is 0. The Labute approximate surface area is 853 Å². The number of aryl methyl sites for hydroxylation is 12. The Morgan fingerprint density at radius 2 is 0.370 bits per heavy atom. The molecule has 0 aromatic heterocycles. The van der Waals surface area contributed by atoms with E-state index < -0.39 is 0 Å². The highest BCUT2D eigenvalue weighted by Crippen LogP contribution is 2.56. The molecule has 27 aromatic carbocycles. The summed E-state index contributed by atoms with van der Waals surface area (Å²) in [4.78, 5) is 5.40. The molecule has 0 heterocycles. The molecule has 2 heteroatoms. The molecule has 0 spiro atoms. The molecule has 0 aliphatic rings. The van der Waals surface area contributed by atoms with Crippen LogP contribution in [0.15, 0.2) is 388 Å². The molecular formula is C144H112N2. The Kier molecular flexibility index (Phi) is 20.8. The van der Waals surface area contributed by atoms with Crippen LogP contribution in [0, 0.1) is 41.5 Å². The standard InChI is InChI=1S/C144H112N2/c1-13-89-72-121(116-62-60-100-57-55-95-37-29-38-97-61-63-120(116)143(100)138(95)97)83(7)64-132(89)145(136-68-87(11)125(76-93(136)17-5)130-81-104-42-30-39-96-54-56-98-40-31-51-117(130)141(98)139(96)104)137-69-88(12)126(77-94(137)18-6)131-82-107-71-106(70-105-59-58-99-41-32-52-118(131)142(99)140(105)107)111-50-33-53-119-129(80-103-36-21-24-45-110(103)144(111)119)124-75-92(16-4)135(67-86(124)10)146(133-65-84(8)122(73-90(133)14-2)127-78-101-34-19-22-43-108(101)112-46-25-27-48-114(112)127)134-66-85(9)123(74-91(134)15-3)128-79-102-35-20-23-44-109(102)113-47-26-28-49-115(113)128/h19-82H,13-18H2,1-12H3. The predicted molar refractivity (Wildman–Crippen MR) is 635 cm³/mol. The summed E-state index contributed by atoms with van der Waals surface area (Å²) in [7, 11) is 0. The SMILES string of the molecule is CCc1cc(-c2cc3ccccc3c3ccccc23)c(C)cc1N(c1cc(C)c(-c2cc3ccccc3c3ccccc23)cc1CC)c1cc(C)c(-c2cc3ccccc3c3c(-c4cc5ccc6cccc7c(-c8cc(CC)c(N(c9cc(C)c(-c%10ccc%11ccc%12cccc%13ccc%10c%11c%12%13)cc9CC)c9cc(C)c(-c%10cc%11cccc%12ccc%13cccc%10c%13c%12%11)cc9CC)cc8C)cc(c4)c5c67)cccc23)cc1CC. The van der Waals surface area contributed by atoms with Crippen molar-refractivity contribution in [3.63, 3.8) is 0 Å². The number of nitrogens with zero attached hydrogens (tertiary/aromatic N) is 2. The molecule has 27 aromatic rings. The number of rotatable bonds is 19. The minimum absolute atomic E-state index is 0.811. The van der Waals surface area contributed by atoms with Crippen molar-refractivity contribution in [3.05, 3.63) is 455 Å². The summed E-state index contributed by atoms with van der Waals surface area (Å²) in [5.41, 5.74) is 40.1. The van der Waals surface area contributed by atoms with Crippen molar-refractivity contribution in [2.24, 2.45) is 0 Å². The van der Waals surface area contributed by atoms with E-state index in [1.807, 2.05) is 0 Å². The predicted octanol–water partition coefficient (Wildman–Crippen LogP) is 41.1. The van der Waals surface area contributed by atoms with Gasteiger partial charge in [0, 0.05) is 34.1 Å². The highest BCUT2D eigenvalue weighted by Gasteiger charge is 2.32. The molecule has 0 bridgehead atoms. The Morgan fingerprint density at radius 1 is 0.137 bits per heavy atom. The molecule has 0 amide bonds. The molecular weight excluding hydrogens is 1760 g/mol. The third kappa shape index (κ3) is 13.7. The lowest BCUT2D eigenvalue weighted by Crippen LogP contribution is -2.17. The van der Waals surface area contributed by atoms with Crippen molar-refractivity contribution in [1.82, 2.24) is 0 Å². The highest BCUT2D eigenvalue weighted by molar-refractivity contribution is 6.31. The van der Waals surface area contributed by atoms with Crippen LogP contribution in [-0.2, 0) is 38.5 Å². The lowest BCUT2D eigenvalue weighted by Gasteiger charge is -2.33. The fraction of sp³-hybridized carbons (Fsp3) is 0.125. The van der Waals surface area contributed by atoms with Crippen molar-refractivity contribution in [3.8, 4) is 77.9 Å². The molecule has 146 heavy (non-hydrogen) atoms. The minimum Gasteiger partial charge on any atom is -0.310 e. The third-order valence-electron chi connectivity index (χ3n) is 33.4. The smallest absolute Gasteiger partial charge is 0.0496 e. The van der Waals surface area contributed by atoms with Gasteiger partial charge in [0.05, 0.1) is 0 Å². The van der Waals surface area contributed by atoms with Crippen LogP contribution in [-0.4, -0.2) is 0 Å². The van der Waals surface area contributed by atoms with E-state index in [0.717, 1.165) is 38.5 Å². The van der Waals surface area contributed by atoms with Gasteiger partial charge < -0.3 is 9.80 Å². The van der Waals surface area contributed by atoms with Gasteiger partial charge in [-0.25, -0.2) is 0 Å². The van der Waals surface area contributed by atoms with Gasteiger partial charge in [-0.2, -0.15) is 0 Å². The number of hydrogen-bond donors (Lipinski definition) is 0. The van der Waals surface area contributed by atoms with Crippen LogP contribution < -0.4 is 9.80 Å². The quantitative estimate of drug-likeness (QED) is 0.0745. The van der Waals surface area contributed by atoms with Crippen molar-refractivity contribution in [2.45, 2.75) is 122 Å². The molecule has 0 saturated heterocycles. The monoisotopic (exact) mass is 1870 g/mol. The number of hydrogen-bond acceptors (Lipinski definition) is 2. The second-order valence-electron chi connectivity index (χ2n) is 41.5. The van der Waals surface area contributed by atoms with Gasteiger partial charge in [0.15, 0.2) is 0 Å². The van der Waals surface area contributed by atoms with Gasteiger partial charge >= 0.3 is 0 Å². The summed E-state index contributed by atoms with van der Waals surface area (Å²) in [6.07, 6.45) is 4.97. The molecule has 0 radical (unpaired) electrons. The maximum absolute atomic E-state index is 2.70. The lowest BCUT2D eigenvalue weighted by atomic mass is 9.84. The van der Waals surface area contributed by atoms with Gasteiger partial charge in [-0.1, -0.05) is 315 Å². The number of fused-ring (bicyclic) bond motifs is 9. The molecule has 0 saturated carbocycles. The molecule has 0 fully saturated rings. The first kappa shape index (κ1) is 88.2. The van der Waals surface area contributed by atoms with E-state index in [-0.39, 0.29) is 0 Å². The normalized spacial score (nSPS) is 12.1. The van der Waals surface area contributed by atoms with Crippen molar-refractivity contribution in [1.29, 1.82) is 0 Å². The molecule has 0 N–H and O–H groups in total. The van der Waals surface area contributed by atoms with Crippen LogP contribution in [0.5, 0.6) is 0 Å². The van der Waals surface area contributed by atoms with E-state index in [4.69, 9.17) is 0 Å². The van der Waals surface area contributed by atoms with Crippen LogP contribution >= 0.6 is 0 Å². The van der Waals surface area contributed by atoms with E-state index in [1.54, 1.807) is 0 Å². The van der Waals surface area contributed by atoms with Gasteiger partial charge in [0.25, 0.3) is 0 Å². The molecule has 0 unspecified atom stereocenters. The van der Waals surface area contributed by atoms with Crippen LogP contribution in [0.4, 0.5) is 34.1 Å². The van der Waals surface area contributed by atoms with Gasteiger partial charge in [-0.15, -0.1) is 0 Å². The maximum Gasteiger partial charge on any atom is 0.0496 e. The summed E-state index contributed by atoms with van der Waals surface area (Å²) >= 11 is 0. The van der Waals surface area contributed by atoms with E-state index in [2.05, 4.69) is 481 Å². The lowest BCUT2D eigenvalue weighted by molar-refractivity contribution is 1.06. The molecule has 0 aliphatic heterocycles. The topological polar surface area (TPSA) is 6.48 Å². The van der Waals surface area contributed by atoms with Crippen LogP contribution in [0.2, 0.25) is 0 Å². The van der Waals surface area contributed by atoms with Crippen molar-refractivity contribution >= 4 is 196 Å². The van der Waals surface area contributed by atoms with Crippen molar-refractivity contribution < 1.29 is 0 Å². The first-order chi connectivity index (χ1) is 71.6. The molecule has 2 nitrogen and oxygen atoms in total. The number of anilines is 6. The fourth-order valence-electron chi connectivity index (χ4n) is 26.2. The van der Waals surface area contributed by atoms with E-state index >= 15 is 0 Å². The van der Waals surface area contributed by atoms with Gasteiger partial charge in [-0.3, -0.25) is 0 Å². The van der Waals surface area contributed by atoms with Crippen LogP contribution in [0.25, 0.3) is 239 Å². The Bertz CT molecular complexity index is 9990. The number of benzene rings is 27. The minimum atomic E-state index is 0.811. The first-order valence-corrected chi connectivity index (χ1v) is 52.8. The maximum atomic E-state index is 2.70. The molecule has 0 atom stereocenters.